The summed E-state index contributed by atoms with van der Waals surface area (Å²) in [5.41, 5.74) is 1.06. The third-order valence-corrected chi connectivity index (χ3v) is 2.66. The third kappa shape index (κ3) is 9.52. The fraction of sp³-hybridized carbons (Fsp3) is 0.533. The Morgan fingerprint density at radius 1 is 1.19 bits per heavy atom. The fourth-order valence-electron chi connectivity index (χ4n) is 1.64. The van der Waals surface area contributed by atoms with Crippen LogP contribution in [0.1, 0.15) is 25.8 Å². The minimum atomic E-state index is 0. The average molecular weight is 407 g/mol. The summed E-state index contributed by atoms with van der Waals surface area (Å²) in [6, 6.07) is 7.09. The van der Waals surface area contributed by atoms with Crippen molar-refractivity contribution in [3.63, 3.8) is 0 Å². The van der Waals surface area contributed by atoms with Gasteiger partial charge in [-0.2, -0.15) is 0 Å². The highest BCUT2D eigenvalue weighted by Crippen LogP contribution is 2.10. The van der Waals surface area contributed by atoms with Gasteiger partial charge in [0.1, 0.15) is 5.75 Å². The monoisotopic (exact) mass is 407 g/mol. The van der Waals surface area contributed by atoms with Crippen LogP contribution in [0.4, 0.5) is 0 Å². The number of ether oxygens (including phenoxy) is 1. The van der Waals surface area contributed by atoms with Crippen molar-refractivity contribution in [2.24, 2.45) is 4.99 Å². The van der Waals surface area contributed by atoms with Gasteiger partial charge in [0, 0.05) is 26.3 Å². The van der Waals surface area contributed by atoms with Crippen LogP contribution in [0.15, 0.2) is 29.3 Å². The second kappa shape index (κ2) is 12.7. The van der Waals surface area contributed by atoms with Gasteiger partial charge < -0.3 is 20.5 Å². The number of halogens is 1. The van der Waals surface area contributed by atoms with Crippen molar-refractivity contribution >= 4 is 29.9 Å². The lowest BCUT2D eigenvalue weighted by Crippen LogP contribution is -2.38. The van der Waals surface area contributed by atoms with Crippen LogP contribution in [-0.2, 0) is 11.3 Å². The number of nitrogens with one attached hydrogen (secondary N) is 2. The van der Waals surface area contributed by atoms with Crippen LogP contribution in [0.25, 0.3) is 0 Å². The molecule has 0 saturated heterocycles. The first-order valence-corrected chi connectivity index (χ1v) is 7.14. The lowest BCUT2D eigenvalue weighted by molar-refractivity contribution is 0.145. The number of benzene rings is 1. The predicted octanol–water partition coefficient (Wildman–Crippen LogP) is 2.49. The minimum absolute atomic E-state index is 0. The van der Waals surface area contributed by atoms with Crippen molar-refractivity contribution in [1.82, 2.24) is 10.6 Å². The molecule has 120 valence electrons. The molecule has 1 aromatic rings. The summed E-state index contributed by atoms with van der Waals surface area (Å²) in [6.45, 7) is 7.81. The molecule has 5 nitrogen and oxygen atoms in total. The molecule has 0 aliphatic heterocycles. The maximum Gasteiger partial charge on any atom is 0.191 e. The molecule has 0 fully saturated rings. The summed E-state index contributed by atoms with van der Waals surface area (Å²) in [5.74, 6) is 1.08. The third-order valence-electron chi connectivity index (χ3n) is 2.66. The first-order valence-electron chi connectivity index (χ1n) is 7.14. The summed E-state index contributed by atoms with van der Waals surface area (Å²) in [6.07, 6.45) is 0.956. The highest BCUT2D eigenvalue weighted by Gasteiger charge is 1.97. The van der Waals surface area contributed by atoms with E-state index in [4.69, 9.17) is 4.74 Å². The quantitative estimate of drug-likeness (QED) is 0.268. The number of phenolic OH excluding ortho intramolecular Hbond substituents is 1. The van der Waals surface area contributed by atoms with Crippen LogP contribution in [0.2, 0.25) is 0 Å². The van der Waals surface area contributed by atoms with Gasteiger partial charge in [0.05, 0.1) is 6.54 Å². The first kappa shape index (κ1) is 20.0. The van der Waals surface area contributed by atoms with E-state index >= 15 is 0 Å². The summed E-state index contributed by atoms with van der Waals surface area (Å²) in [5, 5.41) is 15.7. The number of phenols is 1. The van der Waals surface area contributed by atoms with Gasteiger partial charge in [0.25, 0.3) is 0 Å². The molecular weight excluding hydrogens is 381 g/mol. The van der Waals surface area contributed by atoms with E-state index in [1.54, 1.807) is 12.1 Å². The molecule has 0 heterocycles. The molecule has 6 heteroatoms. The Balaban J connectivity index is 0.00000400. The molecule has 0 unspecified atom stereocenters. The van der Waals surface area contributed by atoms with Gasteiger partial charge in [-0.05, 0) is 38.0 Å². The van der Waals surface area contributed by atoms with Crippen LogP contribution in [0.5, 0.6) is 5.75 Å². The van der Waals surface area contributed by atoms with Crippen molar-refractivity contribution in [3.05, 3.63) is 29.8 Å². The molecule has 0 aliphatic carbocycles. The standard InChI is InChI=1S/C15H25N3O2.HI/c1-3-16-15(17-10-5-11-20-4-2)18-12-13-6-8-14(19)9-7-13;/h6-9,19H,3-5,10-12H2,1-2H3,(H2,16,17,18);1H. The minimum Gasteiger partial charge on any atom is -0.508 e. The van der Waals surface area contributed by atoms with Gasteiger partial charge in [-0.1, -0.05) is 12.1 Å². The van der Waals surface area contributed by atoms with E-state index in [0.29, 0.717) is 6.54 Å². The number of aromatic hydroxyl groups is 1. The molecule has 0 saturated carbocycles. The van der Waals surface area contributed by atoms with E-state index in [1.165, 1.54) is 0 Å². The van der Waals surface area contributed by atoms with E-state index in [1.807, 2.05) is 26.0 Å². The van der Waals surface area contributed by atoms with Crippen molar-refractivity contribution in [1.29, 1.82) is 0 Å². The van der Waals surface area contributed by atoms with E-state index < -0.39 is 0 Å². The summed E-state index contributed by atoms with van der Waals surface area (Å²) >= 11 is 0. The van der Waals surface area contributed by atoms with E-state index in [9.17, 15) is 5.11 Å². The summed E-state index contributed by atoms with van der Waals surface area (Å²) in [4.78, 5) is 4.50. The van der Waals surface area contributed by atoms with Gasteiger partial charge in [-0.3, -0.25) is 0 Å². The molecule has 0 spiro atoms. The molecule has 21 heavy (non-hydrogen) atoms. The average Bonchev–Trinajstić information content (AvgIpc) is 2.46. The Kier molecular flexibility index (Phi) is 12.1. The molecule has 1 aromatic carbocycles. The lowest BCUT2D eigenvalue weighted by Gasteiger charge is -2.11. The van der Waals surface area contributed by atoms with Gasteiger partial charge >= 0.3 is 0 Å². The van der Waals surface area contributed by atoms with Crippen molar-refractivity contribution in [2.75, 3.05) is 26.3 Å². The smallest absolute Gasteiger partial charge is 0.191 e. The summed E-state index contributed by atoms with van der Waals surface area (Å²) < 4.78 is 5.29. The van der Waals surface area contributed by atoms with Crippen LogP contribution >= 0.6 is 24.0 Å². The molecular formula is C15H26IN3O2. The maximum atomic E-state index is 9.23. The Bertz CT molecular complexity index is 396. The van der Waals surface area contributed by atoms with Crippen molar-refractivity contribution < 1.29 is 9.84 Å². The second-order valence-electron chi connectivity index (χ2n) is 4.34. The van der Waals surface area contributed by atoms with Gasteiger partial charge in [-0.25, -0.2) is 4.99 Å². The molecule has 0 atom stereocenters. The number of nitrogens with zero attached hydrogens (tertiary/aromatic N) is 1. The number of rotatable bonds is 8. The zero-order valence-electron chi connectivity index (χ0n) is 12.8. The predicted molar refractivity (Wildman–Crippen MR) is 97.5 cm³/mol. The highest BCUT2D eigenvalue weighted by molar-refractivity contribution is 14.0. The normalized spacial score (nSPS) is 10.9. The number of hydrogen-bond acceptors (Lipinski definition) is 3. The highest BCUT2D eigenvalue weighted by atomic mass is 127. The van der Waals surface area contributed by atoms with E-state index in [-0.39, 0.29) is 29.7 Å². The number of hydrogen-bond donors (Lipinski definition) is 3. The number of guanidine groups is 1. The van der Waals surface area contributed by atoms with Crippen LogP contribution in [-0.4, -0.2) is 37.4 Å². The van der Waals surface area contributed by atoms with Crippen LogP contribution in [0, 0.1) is 0 Å². The first-order chi connectivity index (χ1) is 9.76. The van der Waals surface area contributed by atoms with Crippen molar-refractivity contribution in [3.8, 4) is 5.75 Å². The van der Waals surface area contributed by atoms with Crippen molar-refractivity contribution in [2.45, 2.75) is 26.8 Å². The SMILES string of the molecule is CCNC(=NCc1ccc(O)cc1)NCCCOCC.I. The Labute approximate surface area is 144 Å². The molecule has 3 N–H and O–H groups in total. The molecule has 0 bridgehead atoms. The van der Waals surface area contributed by atoms with Gasteiger partial charge in [-0.15, -0.1) is 24.0 Å². The topological polar surface area (TPSA) is 65.9 Å². The Morgan fingerprint density at radius 2 is 1.90 bits per heavy atom. The van der Waals surface area contributed by atoms with E-state index in [0.717, 1.165) is 44.2 Å². The zero-order chi connectivity index (χ0) is 14.6. The molecule has 1 rings (SSSR count). The van der Waals surface area contributed by atoms with E-state index in [2.05, 4.69) is 15.6 Å². The second-order valence-corrected chi connectivity index (χ2v) is 4.34. The zero-order valence-corrected chi connectivity index (χ0v) is 15.1. The lowest BCUT2D eigenvalue weighted by atomic mass is 10.2. The molecule has 0 aliphatic rings. The molecule has 0 aromatic heterocycles. The molecule has 0 amide bonds. The fourth-order valence-corrected chi connectivity index (χ4v) is 1.64. The summed E-state index contributed by atoms with van der Waals surface area (Å²) in [7, 11) is 0. The largest absolute Gasteiger partial charge is 0.508 e. The van der Waals surface area contributed by atoms with Crippen LogP contribution in [0.3, 0.4) is 0 Å². The van der Waals surface area contributed by atoms with Gasteiger partial charge in [0.15, 0.2) is 5.96 Å². The Morgan fingerprint density at radius 3 is 2.52 bits per heavy atom. The molecule has 0 radical (unpaired) electrons. The maximum absolute atomic E-state index is 9.23. The van der Waals surface area contributed by atoms with Crippen LogP contribution < -0.4 is 10.6 Å². The van der Waals surface area contributed by atoms with Gasteiger partial charge in [0.2, 0.25) is 0 Å². The number of aliphatic imine (C=N–C) groups is 1. The Hall–Kier alpha value is -1.02.